The van der Waals surface area contributed by atoms with Gasteiger partial charge < -0.3 is 15.7 Å². The summed E-state index contributed by atoms with van der Waals surface area (Å²) >= 11 is 0. The SMILES string of the molecule is CCNC(=NCC(CO)c1ccccc1)NCCc1ccncc1C.I. The highest BCUT2D eigenvalue weighted by Gasteiger charge is 2.10. The molecule has 0 saturated heterocycles. The summed E-state index contributed by atoms with van der Waals surface area (Å²) < 4.78 is 0. The molecule has 26 heavy (non-hydrogen) atoms. The number of aromatic nitrogens is 1. The first-order valence-corrected chi connectivity index (χ1v) is 8.82. The maximum Gasteiger partial charge on any atom is 0.191 e. The number of aliphatic hydroxyl groups excluding tert-OH is 1. The van der Waals surface area contributed by atoms with Gasteiger partial charge in [-0.25, -0.2) is 0 Å². The molecule has 0 bridgehead atoms. The molecule has 1 atom stereocenters. The molecule has 0 fully saturated rings. The normalized spacial score (nSPS) is 12.2. The van der Waals surface area contributed by atoms with E-state index in [0.29, 0.717) is 6.54 Å². The minimum atomic E-state index is 0. The first kappa shape index (κ1) is 22.4. The highest BCUT2D eigenvalue weighted by atomic mass is 127. The number of aryl methyl sites for hydroxylation is 1. The maximum absolute atomic E-state index is 9.66. The van der Waals surface area contributed by atoms with Gasteiger partial charge in [-0.15, -0.1) is 24.0 Å². The molecule has 0 spiro atoms. The van der Waals surface area contributed by atoms with Crippen LogP contribution in [0.25, 0.3) is 0 Å². The van der Waals surface area contributed by atoms with Crippen LogP contribution < -0.4 is 10.6 Å². The topological polar surface area (TPSA) is 69.5 Å². The first-order chi connectivity index (χ1) is 12.2. The predicted molar refractivity (Wildman–Crippen MR) is 118 cm³/mol. The molecule has 1 heterocycles. The van der Waals surface area contributed by atoms with Gasteiger partial charge in [0.1, 0.15) is 0 Å². The second-order valence-electron chi connectivity index (χ2n) is 5.99. The van der Waals surface area contributed by atoms with E-state index in [-0.39, 0.29) is 36.5 Å². The van der Waals surface area contributed by atoms with Crippen molar-refractivity contribution >= 4 is 29.9 Å². The summed E-state index contributed by atoms with van der Waals surface area (Å²) in [5, 5.41) is 16.3. The number of nitrogens with zero attached hydrogens (tertiary/aromatic N) is 2. The Bertz CT molecular complexity index is 664. The third-order valence-corrected chi connectivity index (χ3v) is 4.13. The smallest absolute Gasteiger partial charge is 0.191 e. The number of rotatable bonds is 8. The average molecular weight is 468 g/mol. The van der Waals surface area contributed by atoms with Gasteiger partial charge >= 0.3 is 0 Å². The van der Waals surface area contributed by atoms with Crippen molar-refractivity contribution in [3.63, 3.8) is 0 Å². The number of benzene rings is 1. The molecule has 1 aromatic carbocycles. The van der Waals surface area contributed by atoms with Crippen LogP contribution in [0.3, 0.4) is 0 Å². The van der Waals surface area contributed by atoms with Crippen LogP contribution in [0.1, 0.15) is 29.5 Å². The number of halogens is 1. The lowest BCUT2D eigenvalue weighted by Gasteiger charge is -2.15. The largest absolute Gasteiger partial charge is 0.396 e. The second-order valence-corrected chi connectivity index (χ2v) is 5.99. The Kier molecular flexibility index (Phi) is 10.9. The van der Waals surface area contributed by atoms with Gasteiger partial charge in [-0.05, 0) is 43.0 Å². The first-order valence-electron chi connectivity index (χ1n) is 8.82. The van der Waals surface area contributed by atoms with Crippen LogP contribution >= 0.6 is 24.0 Å². The summed E-state index contributed by atoms with van der Waals surface area (Å²) in [4.78, 5) is 8.76. The van der Waals surface area contributed by atoms with Crippen molar-refractivity contribution in [1.29, 1.82) is 0 Å². The van der Waals surface area contributed by atoms with E-state index in [4.69, 9.17) is 0 Å². The monoisotopic (exact) mass is 468 g/mol. The van der Waals surface area contributed by atoms with Crippen LogP contribution in [-0.2, 0) is 6.42 Å². The van der Waals surface area contributed by atoms with Crippen molar-refractivity contribution in [2.75, 3.05) is 26.2 Å². The molecular weight excluding hydrogens is 439 g/mol. The van der Waals surface area contributed by atoms with Gasteiger partial charge in [-0.2, -0.15) is 0 Å². The van der Waals surface area contributed by atoms with Gasteiger partial charge in [0.2, 0.25) is 0 Å². The molecule has 2 rings (SSSR count). The number of hydrogen-bond donors (Lipinski definition) is 3. The van der Waals surface area contributed by atoms with E-state index in [1.807, 2.05) is 49.6 Å². The lowest BCUT2D eigenvalue weighted by atomic mass is 10.0. The molecule has 142 valence electrons. The van der Waals surface area contributed by atoms with Gasteiger partial charge in [-0.1, -0.05) is 30.3 Å². The summed E-state index contributed by atoms with van der Waals surface area (Å²) in [5.41, 5.74) is 3.60. The third-order valence-electron chi connectivity index (χ3n) is 4.13. The van der Waals surface area contributed by atoms with Crippen molar-refractivity contribution in [2.24, 2.45) is 4.99 Å². The molecule has 0 radical (unpaired) electrons. The number of pyridine rings is 1. The van der Waals surface area contributed by atoms with Gasteiger partial charge in [0.15, 0.2) is 5.96 Å². The zero-order chi connectivity index (χ0) is 17.9. The number of guanidine groups is 1. The standard InChI is InChI=1S/C20H28N4O.HI/c1-3-22-20(23-12-10-17-9-11-21-13-16(17)2)24-14-19(15-25)18-7-5-4-6-8-18;/h4-9,11,13,19,25H,3,10,12,14-15H2,1-2H3,(H2,22,23,24);1H. The van der Waals surface area contributed by atoms with E-state index >= 15 is 0 Å². The quantitative estimate of drug-likeness (QED) is 0.317. The van der Waals surface area contributed by atoms with Gasteiger partial charge in [0.25, 0.3) is 0 Å². The Morgan fingerprint density at radius 1 is 1.19 bits per heavy atom. The van der Waals surface area contributed by atoms with Crippen molar-refractivity contribution < 1.29 is 5.11 Å². The van der Waals surface area contributed by atoms with Gasteiger partial charge in [-0.3, -0.25) is 9.98 Å². The van der Waals surface area contributed by atoms with E-state index in [9.17, 15) is 5.11 Å². The van der Waals surface area contributed by atoms with Crippen LogP contribution in [-0.4, -0.2) is 42.3 Å². The van der Waals surface area contributed by atoms with Crippen molar-refractivity contribution in [2.45, 2.75) is 26.2 Å². The predicted octanol–water partition coefficient (Wildman–Crippen LogP) is 2.88. The number of hydrogen-bond acceptors (Lipinski definition) is 3. The van der Waals surface area contributed by atoms with Gasteiger partial charge in [0, 0.05) is 31.4 Å². The van der Waals surface area contributed by atoms with E-state index in [1.54, 1.807) is 0 Å². The molecule has 0 saturated carbocycles. The average Bonchev–Trinajstić information content (AvgIpc) is 2.64. The number of aliphatic imine (C=N–C) groups is 1. The highest BCUT2D eigenvalue weighted by molar-refractivity contribution is 14.0. The molecule has 0 aliphatic heterocycles. The van der Waals surface area contributed by atoms with Crippen LogP contribution in [0, 0.1) is 6.92 Å². The molecule has 1 unspecified atom stereocenters. The Balaban J connectivity index is 0.00000338. The Morgan fingerprint density at radius 2 is 1.96 bits per heavy atom. The van der Waals surface area contributed by atoms with Crippen LogP contribution in [0.4, 0.5) is 0 Å². The van der Waals surface area contributed by atoms with Crippen LogP contribution in [0.2, 0.25) is 0 Å². The fourth-order valence-electron chi connectivity index (χ4n) is 2.64. The van der Waals surface area contributed by atoms with Crippen molar-refractivity contribution in [1.82, 2.24) is 15.6 Å². The zero-order valence-corrected chi connectivity index (χ0v) is 17.8. The number of nitrogens with one attached hydrogen (secondary N) is 2. The molecule has 1 aromatic heterocycles. The van der Waals surface area contributed by atoms with Crippen LogP contribution in [0.15, 0.2) is 53.8 Å². The summed E-state index contributed by atoms with van der Waals surface area (Å²) in [6.45, 7) is 6.35. The Labute approximate surface area is 173 Å². The summed E-state index contributed by atoms with van der Waals surface area (Å²) in [6, 6.07) is 12.1. The minimum absolute atomic E-state index is 0. The molecular formula is C20H29IN4O. The van der Waals surface area contributed by atoms with Crippen molar-refractivity contribution in [3.05, 3.63) is 65.5 Å². The van der Waals surface area contributed by atoms with E-state index < -0.39 is 0 Å². The van der Waals surface area contributed by atoms with Crippen molar-refractivity contribution in [3.8, 4) is 0 Å². The lowest BCUT2D eigenvalue weighted by Crippen LogP contribution is -2.38. The van der Waals surface area contributed by atoms with E-state index in [0.717, 1.165) is 31.0 Å². The molecule has 0 amide bonds. The lowest BCUT2D eigenvalue weighted by molar-refractivity contribution is 0.268. The summed E-state index contributed by atoms with van der Waals surface area (Å²) in [7, 11) is 0. The zero-order valence-electron chi connectivity index (χ0n) is 15.5. The minimum Gasteiger partial charge on any atom is -0.396 e. The fourth-order valence-corrected chi connectivity index (χ4v) is 2.64. The maximum atomic E-state index is 9.66. The highest BCUT2D eigenvalue weighted by Crippen LogP contribution is 2.14. The molecule has 3 N–H and O–H groups in total. The number of aliphatic hydroxyl groups is 1. The van der Waals surface area contributed by atoms with E-state index in [1.165, 1.54) is 11.1 Å². The second kappa shape index (κ2) is 12.6. The van der Waals surface area contributed by atoms with Crippen LogP contribution in [0.5, 0.6) is 0 Å². The van der Waals surface area contributed by atoms with Gasteiger partial charge in [0.05, 0.1) is 13.2 Å². The molecule has 0 aliphatic carbocycles. The fraction of sp³-hybridized carbons (Fsp3) is 0.400. The summed E-state index contributed by atoms with van der Waals surface area (Å²) in [6.07, 6.45) is 4.63. The molecule has 6 heteroatoms. The summed E-state index contributed by atoms with van der Waals surface area (Å²) in [5.74, 6) is 0.794. The Morgan fingerprint density at radius 3 is 2.62 bits per heavy atom. The third kappa shape index (κ3) is 7.29. The molecule has 5 nitrogen and oxygen atoms in total. The van der Waals surface area contributed by atoms with E-state index in [2.05, 4.69) is 33.6 Å². The molecule has 2 aromatic rings. The molecule has 0 aliphatic rings. The Hall–Kier alpha value is -1.67.